The molecule has 0 N–H and O–H groups in total. The molecule has 2 aromatic rings. The van der Waals surface area contributed by atoms with Crippen LogP contribution in [0.1, 0.15) is 480 Å². The Kier molecular flexibility index (Phi) is 64.1. The molecular weight excluding hydrogens is 1250 g/mol. The zero-order valence-electron chi connectivity index (χ0n) is 66.1. The molecule has 2 aromatic carbocycles. The van der Waals surface area contributed by atoms with E-state index in [0.717, 1.165) is 91.0 Å². The van der Waals surface area contributed by atoms with Crippen LogP contribution in [0.15, 0.2) is 47.5 Å². The van der Waals surface area contributed by atoms with Crippen molar-refractivity contribution in [3.8, 4) is 11.8 Å². The molecule has 0 atom stereocenters. The topological polar surface area (TPSA) is 25.3 Å². The fraction of sp³-hybridized carbons (Fsp3) is 0.806. The average Bonchev–Trinajstić information content (AvgIpc) is 1.61. The van der Waals surface area contributed by atoms with Crippen LogP contribution in [0.5, 0.6) is 0 Å². The van der Waals surface area contributed by atoms with Gasteiger partial charge in [0, 0.05) is 23.1 Å². The fourth-order valence-corrected chi connectivity index (χ4v) is 16.5. The summed E-state index contributed by atoms with van der Waals surface area (Å²) < 4.78 is 1.57. The van der Waals surface area contributed by atoms with Gasteiger partial charge in [-0.2, -0.15) is 0 Å². The van der Waals surface area contributed by atoms with Gasteiger partial charge in [0.2, 0.25) is 11.4 Å². The fourth-order valence-electron chi connectivity index (χ4n) is 14.5. The first-order chi connectivity index (χ1) is 47.4. The van der Waals surface area contributed by atoms with Gasteiger partial charge in [-0.05, 0) is 111 Å². The van der Waals surface area contributed by atoms with Gasteiger partial charge in [0.05, 0.1) is 0 Å². The van der Waals surface area contributed by atoms with Crippen molar-refractivity contribution in [2.24, 2.45) is 0 Å². The van der Waals surface area contributed by atoms with Crippen LogP contribution in [-0.4, -0.2) is 4.70 Å². The SMILES string of the molecule is CCCCCCCCCCCCCCCCCCCCCCCCCCCC#CC1=C(c2cc(CCCC)cc(CCCCCC)c2)[N+](=[N-])C(c2cc(CCCC)cc(CCCCCC)c2)=C1CC.CCCCCCCCCCCC[CH2][Pd][CH2]CCCCCCCCCCCC. The second-order valence-corrected chi connectivity index (χ2v) is 32.5. The summed E-state index contributed by atoms with van der Waals surface area (Å²) >= 11 is 1.06. The van der Waals surface area contributed by atoms with Gasteiger partial charge in [-0.25, -0.2) is 4.70 Å². The normalized spacial score (nSPS) is 12.4. The van der Waals surface area contributed by atoms with E-state index in [1.165, 1.54) is 400 Å². The van der Waals surface area contributed by atoms with Crippen LogP contribution in [0.4, 0.5) is 0 Å². The first-order valence-electron chi connectivity index (χ1n) is 43.6. The number of aryl methyl sites for hydroxylation is 4. The molecule has 2 nitrogen and oxygen atoms in total. The third-order valence-electron chi connectivity index (χ3n) is 20.8. The number of allylic oxidation sites excluding steroid dienone is 2. The second kappa shape index (κ2) is 68.5. The monoisotopic (exact) mass is 1420 g/mol. The van der Waals surface area contributed by atoms with Crippen LogP contribution in [0.25, 0.3) is 16.9 Å². The number of hydrogen-bond acceptors (Lipinski definition) is 0. The summed E-state index contributed by atoms with van der Waals surface area (Å²) in [5, 5.41) is 0. The van der Waals surface area contributed by atoms with E-state index in [1.807, 2.05) is 0 Å². The van der Waals surface area contributed by atoms with E-state index in [-0.39, 0.29) is 0 Å². The molecule has 0 saturated carbocycles. The van der Waals surface area contributed by atoms with Gasteiger partial charge < -0.3 is 5.53 Å². The van der Waals surface area contributed by atoms with Gasteiger partial charge in [0.25, 0.3) is 0 Å². The zero-order valence-corrected chi connectivity index (χ0v) is 67.6. The van der Waals surface area contributed by atoms with Crippen LogP contribution in [0.2, 0.25) is 9.79 Å². The van der Waals surface area contributed by atoms with Crippen LogP contribution >= 0.6 is 0 Å². The molecular formula is C93H164N2Pd. The number of nitrogens with zero attached hydrogens (tertiary/aromatic N) is 2. The van der Waals surface area contributed by atoms with E-state index in [2.05, 4.69) is 104 Å². The van der Waals surface area contributed by atoms with Crippen molar-refractivity contribution < 1.29 is 22.7 Å². The number of unbranched alkanes of at least 4 members (excludes halogenated alkanes) is 53. The van der Waals surface area contributed by atoms with E-state index in [9.17, 15) is 5.53 Å². The van der Waals surface area contributed by atoms with Crippen molar-refractivity contribution in [2.45, 2.75) is 483 Å². The number of benzene rings is 2. The quantitative estimate of drug-likeness (QED) is 0.0273. The van der Waals surface area contributed by atoms with Crippen molar-refractivity contribution in [3.63, 3.8) is 0 Å². The van der Waals surface area contributed by atoms with E-state index in [1.54, 1.807) is 14.5 Å². The van der Waals surface area contributed by atoms with Gasteiger partial charge in [0.15, 0.2) is 0 Å². The van der Waals surface area contributed by atoms with E-state index in [0.29, 0.717) is 0 Å². The van der Waals surface area contributed by atoms with E-state index < -0.39 is 0 Å². The Morgan fingerprint density at radius 3 is 0.792 bits per heavy atom. The Morgan fingerprint density at radius 2 is 0.510 bits per heavy atom. The second-order valence-electron chi connectivity index (χ2n) is 30.2. The molecule has 0 fully saturated rings. The minimum absolute atomic E-state index is 0.837. The molecule has 0 unspecified atom stereocenters. The molecule has 0 bridgehead atoms. The Morgan fingerprint density at radius 1 is 0.271 bits per heavy atom. The molecule has 1 heterocycles. The first-order valence-corrected chi connectivity index (χ1v) is 45.8. The predicted molar refractivity (Wildman–Crippen MR) is 430 cm³/mol. The summed E-state index contributed by atoms with van der Waals surface area (Å²) in [7, 11) is 0. The minimum atomic E-state index is 0.837. The Labute approximate surface area is 610 Å². The summed E-state index contributed by atoms with van der Waals surface area (Å²) in [4.78, 5) is 3.09. The molecule has 3 heteroatoms. The molecule has 0 radical (unpaired) electrons. The van der Waals surface area contributed by atoms with Crippen LogP contribution in [0.3, 0.4) is 0 Å². The van der Waals surface area contributed by atoms with Crippen molar-refractivity contribution >= 4 is 11.4 Å². The maximum absolute atomic E-state index is 12.6. The van der Waals surface area contributed by atoms with E-state index in [4.69, 9.17) is 0 Å². The molecule has 0 aromatic heterocycles. The van der Waals surface area contributed by atoms with Gasteiger partial charge in [-0.1, -0.05) is 285 Å². The Balaban J connectivity index is 0.000000972. The molecule has 1 aliphatic rings. The molecule has 1 aliphatic heterocycles. The van der Waals surface area contributed by atoms with Crippen molar-refractivity contribution in [1.29, 1.82) is 0 Å². The Hall–Kier alpha value is -2.26. The minimum Gasteiger partial charge on any atom is -0.0654 e. The number of rotatable bonds is 68. The predicted octanol–water partition coefficient (Wildman–Crippen LogP) is 32.9. The van der Waals surface area contributed by atoms with Crippen LogP contribution in [0, 0.1) is 11.8 Å². The summed E-state index contributed by atoms with van der Waals surface area (Å²) in [6.07, 6.45) is 88.9. The number of hydrogen-bond donors (Lipinski definition) is 0. The Bertz CT molecular complexity index is 2170. The van der Waals surface area contributed by atoms with Crippen LogP contribution in [-0.2, 0) is 43.7 Å². The summed E-state index contributed by atoms with van der Waals surface area (Å²) in [6, 6.07) is 14.4. The summed E-state index contributed by atoms with van der Waals surface area (Å²) in [6.45, 7) is 18.3. The zero-order chi connectivity index (χ0) is 69.1. The van der Waals surface area contributed by atoms with Crippen LogP contribution < -0.4 is 0 Å². The van der Waals surface area contributed by atoms with Gasteiger partial charge in [-0.15, -0.1) is 0 Å². The standard InChI is InChI=1S/C67H110N2.2C13H27.Pd/c1-7-13-18-21-22-23-24-25-26-27-28-29-30-31-32-33-34-35-36-37-38-39-40-41-42-43-46-51-65-64(12-6)66(62-54-58(47-16-10-4)52-60(56-62)49-44-19-14-8-2)69(68)67(65)63-55-59(48-17-11-5)53-61(57-63)50-45-20-15-9-3;2*1-3-5-7-9-11-13-12-10-8-6-4-2;/h52-57H,7-45,47-50H2,1-6H3;2*1,3-13H2,2H3;. The summed E-state index contributed by atoms with van der Waals surface area (Å²) in [5.41, 5.74) is 24.6. The summed E-state index contributed by atoms with van der Waals surface area (Å²) in [5.74, 6) is 7.43. The van der Waals surface area contributed by atoms with Gasteiger partial charge in [0.1, 0.15) is 5.57 Å². The molecule has 96 heavy (non-hydrogen) atoms. The van der Waals surface area contributed by atoms with Gasteiger partial charge in [-0.3, -0.25) is 0 Å². The molecule has 0 amide bonds. The molecule has 0 saturated heterocycles. The third-order valence-corrected chi connectivity index (χ3v) is 23.0. The third kappa shape index (κ3) is 48.5. The maximum atomic E-state index is 12.6. The van der Waals surface area contributed by atoms with Crippen molar-refractivity contribution in [1.82, 2.24) is 0 Å². The molecule has 0 aliphatic carbocycles. The molecule has 3 rings (SSSR count). The van der Waals surface area contributed by atoms with E-state index >= 15 is 0 Å². The van der Waals surface area contributed by atoms with Crippen molar-refractivity contribution in [3.05, 3.63) is 86.5 Å². The molecule has 0 spiro atoms. The molecule has 556 valence electrons. The van der Waals surface area contributed by atoms with Gasteiger partial charge >= 0.3 is 169 Å². The van der Waals surface area contributed by atoms with Crippen molar-refractivity contribution in [2.75, 3.05) is 0 Å². The smallest absolute Gasteiger partial charge is 0.0654 e. The first kappa shape index (κ1) is 89.8. The average molecular weight is 1420 g/mol.